The van der Waals surface area contributed by atoms with Crippen LogP contribution in [0, 0.1) is 0 Å². The molecule has 2 rings (SSSR count). The van der Waals surface area contributed by atoms with Gasteiger partial charge < -0.3 is 14.8 Å². The molecule has 1 amide bonds. The molecule has 1 N–H and O–H groups in total. The summed E-state index contributed by atoms with van der Waals surface area (Å²) in [6.45, 7) is 0.837. The number of nitrogens with one attached hydrogen (secondary N) is 1. The van der Waals surface area contributed by atoms with Gasteiger partial charge in [-0.2, -0.15) is 26.3 Å². The van der Waals surface area contributed by atoms with E-state index in [1.165, 1.54) is 6.92 Å². The summed E-state index contributed by atoms with van der Waals surface area (Å²) >= 11 is 0. The summed E-state index contributed by atoms with van der Waals surface area (Å²) in [5.41, 5.74) is -2.41. The van der Waals surface area contributed by atoms with Crippen LogP contribution in [0.1, 0.15) is 29.7 Å². The Morgan fingerprint density at radius 3 is 2.10 bits per heavy atom. The Hall–Kier alpha value is -3.24. The molecule has 11 heteroatoms. The second kappa shape index (κ2) is 9.71. The third-order valence-electron chi connectivity index (χ3n) is 3.87. The highest BCUT2D eigenvalue weighted by Gasteiger charge is 2.34. The SMILES string of the molecule is CC(=O)NCCOC(=O)C(Oc1cccc(C(F)(F)F)c1)c1cccc(C(F)(F)F)c1. The molecule has 0 spiro atoms. The van der Waals surface area contributed by atoms with Gasteiger partial charge in [0.1, 0.15) is 12.4 Å². The number of hydrogen-bond donors (Lipinski definition) is 1. The van der Waals surface area contributed by atoms with E-state index in [4.69, 9.17) is 9.47 Å². The van der Waals surface area contributed by atoms with Crippen molar-refractivity contribution in [3.63, 3.8) is 0 Å². The molecule has 1 unspecified atom stereocenters. The molecule has 0 bridgehead atoms. The lowest BCUT2D eigenvalue weighted by Gasteiger charge is -2.20. The fourth-order valence-electron chi connectivity index (χ4n) is 2.47. The Labute approximate surface area is 173 Å². The molecule has 1 atom stereocenters. The first-order chi connectivity index (χ1) is 14.4. The van der Waals surface area contributed by atoms with Crippen LogP contribution in [-0.4, -0.2) is 25.0 Å². The summed E-state index contributed by atoms with van der Waals surface area (Å²) in [7, 11) is 0. The summed E-state index contributed by atoms with van der Waals surface area (Å²) in [6.07, 6.45) is -11.2. The third-order valence-corrected chi connectivity index (χ3v) is 3.87. The van der Waals surface area contributed by atoms with Crippen LogP contribution < -0.4 is 10.1 Å². The van der Waals surface area contributed by atoms with Gasteiger partial charge in [0.15, 0.2) is 0 Å². The molecule has 0 aliphatic rings. The van der Waals surface area contributed by atoms with Gasteiger partial charge in [0.25, 0.3) is 0 Å². The smallest absolute Gasteiger partial charge is 0.416 e. The van der Waals surface area contributed by atoms with Crippen LogP contribution in [0.4, 0.5) is 26.3 Å². The molecule has 0 aromatic heterocycles. The van der Waals surface area contributed by atoms with Crippen LogP contribution in [0.5, 0.6) is 5.75 Å². The minimum Gasteiger partial charge on any atom is -0.474 e. The molecule has 31 heavy (non-hydrogen) atoms. The normalized spacial score (nSPS) is 12.7. The van der Waals surface area contributed by atoms with Crippen molar-refractivity contribution in [3.8, 4) is 5.75 Å². The van der Waals surface area contributed by atoms with E-state index in [0.29, 0.717) is 12.1 Å². The summed E-state index contributed by atoms with van der Waals surface area (Å²) in [5, 5.41) is 2.35. The molecular formula is C20H17F6NO4. The molecule has 2 aromatic rings. The van der Waals surface area contributed by atoms with Gasteiger partial charge in [-0.25, -0.2) is 4.79 Å². The molecule has 0 aliphatic heterocycles. The van der Waals surface area contributed by atoms with Gasteiger partial charge in [0, 0.05) is 12.5 Å². The zero-order valence-corrected chi connectivity index (χ0v) is 16.0. The quantitative estimate of drug-likeness (QED) is 0.384. The summed E-state index contributed by atoms with van der Waals surface area (Å²) in [5.74, 6) is -1.93. The molecule has 168 valence electrons. The minimum absolute atomic E-state index is 0.0695. The van der Waals surface area contributed by atoms with Crippen molar-refractivity contribution in [2.24, 2.45) is 0 Å². The zero-order chi connectivity index (χ0) is 23.2. The second-order valence-electron chi connectivity index (χ2n) is 6.30. The van der Waals surface area contributed by atoms with Crippen molar-refractivity contribution >= 4 is 11.9 Å². The van der Waals surface area contributed by atoms with E-state index in [-0.39, 0.29) is 18.7 Å². The van der Waals surface area contributed by atoms with Gasteiger partial charge in [-0.15, -0.1) is 0 Å². The second-order valence-corrected chi connectivity index (χ2v) is 6.30. The Morgan fingerprint density at radius 2 is 1.52 bits per heavy atom. The lowest BCUT2D eigenvalue weighted by Crippen LogP contribution is -2.28. The van der Waals surface area contributed by atoms with Gasteiger partial charge >= 0.3 is 18.3 Å². The lowest BCUT2D eigenvalue weighted by atomic mass is 10.1. The number of carbonyl (C=O) groups excluding carboxylic acids is 2. The predicted molar refractivity (Wildman–Crippen MR) is 95.9 cm³/mol. The number of alkyl halides is 6. The van der Waals surface area contributed by atoms with Crippen molar-refractivity contribution in [1.29, 1.82) is 0 Å². The van der Waals surface area contributed by atoms with Crippen molar-refractivity contribution in [3.05, 3.63) is 65.2 Å². The maximum atomic E-state index is 13.0. The highest BCUT2D eigenvalue weighted by molar-refractivity contribution is 5.77. The van der Waals surface area contributed by atoms with Gasteiger partial charge in [-0.05, 0) is 30.3 Å². The Morgan fingerprint density at radius 1 is 0.935 bits per heavy atom. The monoisotopic (exact) mass is 449 g/mol. The van der Waals surface area contributed by atoms with Crippen LogP contribution in [0.25, 0.3) is 0 Å². The Bertz CT molecular complexity index is 926. The molecular weight excluding hydrogens is 432 g/mol. The average Bonchev–Trinajstić information content (AvgIpc) is 2.68. The van der Waals surface area contributed by atoms with Gasteiger partial charge in [-0.3, -0.25) is 4.79 Å². The maximum absolute atomic E-state index is 13.0. The molecule has 0 fully saturated rings. The molecule has 0 saturated heterocycles. The van der Waals surface area contributed by atoms with Crippen molar-refractivity contribution in [1.82, 2.24) is 5.32 Å². The summed E-state index contributed by atoms with van der Waals surface area (Å²) < 4.78 is 88.2. The molecule has 0 radical (unpaired) electrons. The summed E-state index contributed by atoms with van der Waals surface area (Å²) in [6, 6.07) is 7.15. The van der Waals surface area contributed by atoms with E-state index in [9.17, 15) is 35.9 Å². The maximum Gasteiger partial charge on any atom is 0.416 e. The average molecular weight is 449 g/mol. The van der Waals surface area contributed by atoms with Gasteiger partial charge in [0.05, 0.1) is 17.7 Å². The highest BCUT2D eigenvalue weighted by Crippen LogP contribution is 2.34. The lowest BCUT2D eigenvalue weighted by molar-refractivity contribution is -0.152. The van der Waals surface area contributed by atoms with Crippen LogP contribution >= 0.6 is 0 Å². The molecule has 0 heterocycles. The largest absolute Gasteiger partial charge is 0.474 e. The van der Waals surface area contributed by atoms with E-state index in [1.807, 2.05) is 0 Å². The first-order valence-electron chi connectivity index (χ1n) is 8.80. The predicted octanol–water partition coefficient (Wildman–Crippen LogP) is 4.52. The zero-order valence-electron chi connectivity index (χ0n) is 16.0. The number of benzene rings is 2. The van der Waals surface area contributed by atoms with Crippen LogP contribution in [0.3, 0.4) is 0 Å². The van der Waals surface area contributed by atoms with Gasteiger partial charge in [0.2, 0.25) is 12.0 Å². The molecule has 0 aliphatic carbocycles. The number of hydrogen-bond acceptors (Lipinski definition) is 4. The standard InChI is InChI=1S/C20H17F6NO4/c1-12(28)27-8-9-30-18(29)17(13-4-2-5-14(10-13)19(21,22)23)31-16-7-3-6-15(11-16)20(24,25)26/h2-7,10-11,17H,8-9H2,1H3,(H,27,28). The number of halogens is 6. The fraction of sp³-hybridized carbons (Fsp3) is 0.300. The van der Waals surface area contributed by atoms with Crippen LogP contribution in [0.2, 0.25) is 0 Å². The van der Waals surface area contributed by atoms with E-state index in [0.717, 1.165) is 36.4 Å². The van der Waals surface area contributed by atoms with E-state index >= 15 is 0 Å². The van der Waals surface area contributed by atoms with E-state index < -0.39 is 47.2 Å². The molecule has 5 nitrogen and oxygen atoms in total. The van der Waals surface area contributed by atoms with Crippen LogP contribution in [-0.2, 0) is 26.7 Å². The first kappa shape index (κ1) is 24.0. The molecule has 0 saturated carbocycles. The highest BCUT2D eigenvalue weighted by atomic mass is 19.4. The van der Waals surface area contributed by atoms with E-state index in [2.05, 4.69) is 5.32 Å². The minimum atomic E-state index is -4.72. The summed E-state index contributed by atoms with van der Waals surface area (Å²) in [4.78, 5) is 23.3. The fourth-order valence-corrected chi connectivity index (χ4v) is 2.47. The van der Waals surface area contributed by atoms with Crippen LogP contribution in [0.15, 0.2) is 48.5 Å². The Kier molecular flexibility index (Phi) is 7.53. The number of rotatable bonds is 7. The van der Waals surface area contributed by atoms with Crippen molar-refractivity contribution in [2.45, 2.75) is 25.4 Å². The molecule has 2 aromatic carbocycles. The topological polar surface area (TPSA) is 64.6 Å². The number of esters is 1. The van der Waals surface area contributed by atoms with E-state index in [1.54, 1.807) is 0 Å². The third kappa shape index (κ3) is 7.19. The number of carbonyl (C=O) groups is 2. The number of ether oxygens (including phenoxy) is 2. The first-order valence-corrected chi connectivity index (χ1v) is 8.80. The van der Waals surface area contributed by atoms with Crippen molar-refractivity contribution in [2.75, 3.05) is 13.2 Å². The van der Waals surface area contributed by atoms with Gasteiger partial charge in [-0.1, -0.05) is 18.2 Å². The van der Waals surface area contributed by atoms with Crippen molar-refractivity contribution < 1.29 is 45.4 Å². The Balaban J connectivity index is 2.32. The number of amides is 1.